The van der Waals surface area contributed by atoms with Crippen molar-refractivity contribution < 1.29 is 9.53 Å². The van der Waals surface area contributed by atoms with Crippen LogP contribution < -0.4 is 15.4 Å². The van der Waals surface area contributed by atoms with E-state index >= 15 is 0 Å². The molecule has 2 heterocycles. The maximum absolute atomic E-state index is 11.8. The zero-order chi connectivity index (χ0) is 11.4. The highest BCUT2D eigenvalue weighted by Crippen LogP contribution is 2.21. The molecule has 0 radical (unpaired) electrons. The van der Waals surface area contributed by atoms with Gasteiger partial charge in [-0.15, -0.1) is 0 Å². The molecular weight excluding hydrogens is 206 g/mol. The number of aromatic nitrogens is 1. The van der Waals surface area contributed by atoms with E-state index in [1.165, 1.54) is 7.11 Å². The van der Waals surface area contributed by atoms with Crippen molar-refractivity contribution in [1.82, 2.24) is 10.3 Å². The van der Waals surface area contributed by atoms with E-state index in [9.17, 15) is 4.79 Å². The van der Waals surface area contributed by atoms with E-state index in [1.54, 1.807) is 18.3 Å². The lowest BCUT2D eigenvalue weighted by Gasteiger charge is -2.11. The monoisotopic (exact) mass is 221 g/mol. The predicted octanol–water partition coefficient (Wildman–Crippen LogP) is 0.638. The van der Waals surface area contributed by atoms with Gasteiger partial charge in [0.05, 0.1) is 13.0 Å². The second kappa shape index (κ2) is 4.94. The fourth-order valence-electron chi connectivity index (χ4n) is 1.76. The fourth-order valence-corrected chi connectivity index (χ4v) is 1.76. The van der Waals surface area contributed by atoms with Crippen LogP contribution in [-0.4, -0.2) is 31.1 Å². The van der Waals surface area contributed by atoms with Crippen molar-refractivity contribution in [3.63, 3.8) is 0 Å². The maximum Gasteiger partial charge on any atom is 0.237 e. The van der Waals surface area contributed by atoms with Crippen LogP contribution in [0.2, 0.25) is 0 Å². The molecule has 1 unspecified atom stereocenters. The number of ether oxygens (including phenoxy) is 1. The van der Waals surface area contributed by atoms with E-state index in [2.05, 4.69) is 15.6 Å². The van der Waals surface area contributed by atoms with Crippen molar-refractivity contribution in [2.75, 3.05) is 25.5 Å². The van der Waals surface area contributed by atoms with Gasteiger partial charge in [0.2, 0.25) is 11.8 Å². The fraction of sp³-hybridized carbons (Fsp3) is 0.455. The molecule has 16 heavy (non-hydrogen) atoms. The van der Waals surface area contributed by atoms with Crippen LogP contribution in [0.15, 0.2) is 18.3 Å². The van der Waals surface area contributed by atoms with Crippen molar-refractivity contribution in [3.05, 3.63) is 18.3 Å². The minimum Gasteiger partial charge on any atom is -0.480 e. The zero-order valence-electron chi connectivity index (χ0n) is 9.19. The van der Waals surface area contributed by atoms with E-state index in [1.807, 2.05) is 0 Å². The van der Waals surface area contributed by atoms with Crippen LogP contribution >= 0.6 is 0 Å². The first-order chi connectivity index (χ1) is 7.81. The zero-order valence-corrected chi connectivity index (χ0v) is 9.19. The number of pyridine rings is 1. The molecule has 0 bridgehead atoms. The Kier molecular flexibility index (Phi) is 3.36. The van der Waals surface area contributed by atoms with Gasteiger partial charge in [-0.25, -0.2) is 4.98 Å². The lowest BCUT2D eigenvalue weighted by atomic mass is 10.1. The Bertz CT molecular complexity index is 375. The predicted molar refractivity (Wildman–Crippen MR) is 60.4 cm³/mol. The van der Waals surface area contributed by atoms with Crippen molar-refractivity contribution in [2.45, 2.75) is 6.42 Å². The standard InChI is InChI=1S/C11H15N3O2/c1-16-11-9(3-2-5-13-11)14-10(15)8-4-6-12-7-8/h2-3,5,8,12H,4,6-7H2,1H3,(H,14,15). The number of carbonyl (C=O) groups is 1. The van der Waals surface area contributed by atoms with E-state index < -0.39 is 0 Å². The summed E-state index contributed by atoms with van der Waals surface area (Å²) in [5, 5.41) is 6.00. The third-order valence-corrected chi connectivity index (χ3v) is 2.65. The van der Waals surface area contributed by atoms with Crippen LogP contribution in [0.1, 0.15) is 6.42 Å². The molecule has 0 aromatic carbocycles. The highest BCUT2D eigenvalue weighted by Gasteiger charge is 2.23. The molecule has 1 saturated heterocycles. The summed E-state index contributed by atoms with van der Waals surface area (Å²) in [6, 6.07) is 3.55. The SMILES string of the molecule is COc1ncccc1NC(=O)C1CCNC1. The first-order valence-electron chi connectivity index (χ1n) is 5.32. The molecule has 1 amide bonds. The average Bonchev–Trinajstić information content (AvgIpc) is 2.83. The molecule has 1 atom stereocenters. The van der Waals surface area contributed by atoms with Gasteiger partial charge in [-0.1, -0.05) is 0 Å². The molecule has 5 nitrogen and oxygen atoms in total. The second-order valence-electron chi connectivity index (χ2n) is 3.74. The van der Waals surface area contributed by atoms with E-state index in [0.29, 0.717) is 11.6 Å². The van der Waals surface area contributed by atoms with Crippen LogP contribution in [-0.2, 0) is 4.79 Å². The van der Waals surface area contributed by atoms with Crippen molar-refractivity contribution in [1.29, 1.82) is 0 Å². The van der Waals surface area contributed by atoms with Gasteiger partial charge in [0.1, 0.15) is 5.69 Å². The highest BCUT2D eigenvalue weighted by molar-refractivity contribution is 5.93. The van der Waals surface area contributed by atoms with E-state index in [-0.39, 0.29) is 11.8 Å². The molecule has 1 aromatic heterocycles. The van der Waals surface area contributed by atoms with Crippen molar-refractivity contribution in [3.8, 4) is 5.88 Å². The summed E-state index contributed by atoms with van der Waals surface area (Å²) in [6.07, 6.45) is 2.51. The van der Waals surface area contributed by atoms with Gasteiger partial charge in [-0.05, 0) is 25.1 Å². The quantitative estimate of drug-likeness (QED) is 0.786. The average molecular weight is 221 g/mol. The van der Waals surface area contributed by atoms with Gasteiger partial charge in [0.15, 0.2) is 0 Å². The first kappa shape index (κ1) is 10.9. The Labute approximate surface area is 94.2 Å². The van der Waals surface area contributed by atoms with Crippen molar-refractivity contribution >= 4 is 11.6 Å². The summed E-state index contributed by atoms with van der Waals surface area (Å²) in [5.41, 5.74) is 0.627. The van der Waals surface area contributed by atoms with Crippen molar-refractivity contribution in [2.24, 2.45) is 5.92 Å². The molecule has 2 N–H and O–H groups in total. The van der Waals surface area contributed by atoms with Gasteiger partial charge in [-0.2, -0.15) is 0 Å². The minimum absolute atomic E-state index is 0.0244. The Morgan fingerprint density at radius 1 is 1.69 bits per heavy atom. The molecule has 2 rings (SSSR count). The number of methoxy groups -OCH3 is 1. The highest BCUT2D eigenvalue weighted by atomic mass is 16.5. The maximum atomic E-state index is 11.8. The number of anilines is 1. The van der Waals surface area contributed by atoms with Crippen LogP contribution in [0.4, 0.5) is 5.69 Å². The second-order valence-corrected chi connectivity index (χ2v) is 3.74. The first-order valence-corrected chi connectivity index (χ1v) is 5.32. The number of carbonyl (C=O) groups excluding carboxylic acids is 1. The third kappa shape index (κ3) is 2.30. The number of amides is 1. The molecule has 1 aliphatic heterocycles. The van der Waals surface area contributed by atoms with Gasteiger partial charge in [-0.3, -0.25) is 4.79 Å². The Morgan fingerprint density at radius 3 is 3.25 bits per heavy atom. The molecular formula is C11H15N3O2. The summed E-state index contributed by atoms with van der Waals surface area (Å²) in [6.45, 7) is 1.65. The Hall–Kier alpha value is -1.62. The smallest absolute Gasteiger partial charge is 0.237 e. The molecule has 86 valence electrons. The molecule has 1 aromatic rings. The lowest BCUT2D eigenvalue weighted by Crippen LogP contribution is -2.24. The number of hydrogen-bond acceptors (Lipinski definition) is 4. The van der Waals surface area contributed by atoms with Crippen LogP contribution in [0, 0.1) is 5.92 Å². The van der Waals surface area contributed by atoms with Crippen LogP contribution in [0.25, 0.3) is 0 Å². The molecule has 1 fully saturated rings. The Balaban J connectivity index is 2.05. The third-order valence-electron chi connectivity index (χ3n) is 2.65. The topological polar surface area (TPSA) is 63.2 Å². The summed E-state index contributed by atoms with van der Waals surface area (Å²) < 4.78 is 5.07. The summed E-state index contributed by atoms with van der Waals surface area (Å²) >= 11 is 0. The largest absolute Gasteiger partial charge is 0.480 e. The van der Waals surface area contributed by atoms with Crippen LogP contribution in [0.5, 0.6) is 5.88 Å². The molecule has 1 aliphatic rings. The molecule has 0 aliphatic carbocycles. The number of hydrogen-bond donors (Lipinski definition) is 2. The summed E-state index contributed by atoms with van der Waals surface area (Å²) in [7, 11) is 1.54. The van der Waals surface area contributed by atoms with E-state index in [0.717, 1.165) is 19.5 Å². The number of rotatable bonds is 3. The lowest BCUT2D eigenvalue weighted by molar-refractivity contribution is -0.119. The van der Waals surface area contributed by atoms with Gasteiger partial charge >= 0.3 is 0 Å². The van der Waals surface area contributed by atoms with Gasteiger partial charge < -0.3 is 15.4 Å². The van der Waals surface area contributed by atoms with E-state index in [4.69, 9.17) is 4.74 Å². The Morgan fingerprint density at radius 2 is 2.56 bits per heavy atom. The van der Waals surface area contributed by atoms with Gasteiger partial charge in [0, 0.05) is 12.7 Å². The number of nitrogens with one attached hydrogen (secondary N) is 2. The molecule has 5 heteroatoms. The summed E-state index contributed by atoms with van der Waals surface area (Å²) in [5.74, 6) is 0.517. The van der Waals surface area contributed by atoms with Gasteiger partial charge in [0.25, 0.3) is 0 Å². The number of nitrogens with zero attached hydrogens (tertiary/aromatic N) is 1. The normalized spacial score (nSPS) is 19.4. The summed E-state index contributed by atoms with van der Waals surface area (Å²) in [4.78, 5) is 15.9. The molecule has 0 spiro atoms. The minimum atomic E-state index is 0.0244. The molecule has 0 saturated carbocycles. The van der Waals surface area contributed by atoms with Crippen LogP contribution in [0.3, 0.4) is 0 Å².